The molecule has 1 aliphatic carbocycles. The van der Waals surface area contributed by atoms with Crippen LogP contribution in [0.1, 0.15) is 62.7 Å². The predicted octanol–water partition coefficient (Wildman–Crippen LogP) is 4.24. The third-order valence-electron chi connectivity index (χ3n) is 5.09. The van der Waals surface area contributed by atoms with Gasteiger partial charge < -0.3 is 10.2 Å². The van der Waals surface area contributed by atoms with E-state index in [-0.39, 0.29) is 0 Å². The molecule has 0 spiro atoms. The van der Waals surface area contributed by atoms with Crippen LogP contribution in [0, 0.1) is 0 Å². The molecule has 1 saturated carbocycles. The number of likely N-dealkylation sites (tertiary alicyclic amines) is 1. The standard InChI is InChI=1S/C18H30N2S/c1-2-10-20-13-15(18-9-6-11-21-18)12-17(14-20)19-16-7-4-3-5-8-16/h6,9,11,15-17,19H,2-5,7-8,10,12-14H2,1H3. The summed E-state index contributed by atoms with van der Waals surface area (Å²) in [4.78, 5) is 4.28. The minimum absolute atomic E-state index is 0.695. The molecule has 0 bridgehead atoms. The maximum atomic E-state index is 4.00. The highest BCUT2D eigenvalue weighted by molar-refractivity contribution is 7.10. The van der Waals surface area contributed by atoms with Crippen molar-refractivity contribution < 1.29 is 0 Å². The molecule has 1 N–H and O–H groups in total. The van der Waals surface area contributed by atoms with Gasteiger partial charge in [-0.05, 0) is 43.7 Å². The van der Waals surface area contributed by atoms with Crippen molar-refractivity contribution in [2.45, 2.75) is 69.9 Å². The van der Waals surface area contributed by atoms with Crippen LogP contribution >= 0.6 is 11.3 Å². The number of nitrogens with one attached hydrogen (secondary N) is 1. The molecule has 0 aromatic carbocycles. The average molecular weight is 307 g/mol. The first kappa shape index (κ1) is 15.5. The van der Waals surface area contributed by atoms with Gasteiger partial charge >= 0.3 is 0 Å². The molecule has 2 fully saturated rings. The van der Waals surface area contributed by atoms with Crippen LogP contribution in [-0.4, -0.2) is 36.6 Å². The van der Waals surface area contributed by atoms with Crippen molar-refractivity contribution in [3.8, 4) is 0 Å². The Kier molecular flexibility index (Phi) is 5.73. The number of thiophene rings is 1. The quantitative estimate of drug-likeness (QED) is 0.875. The molecule has 1 aromatic heterocycles. The summed E-state index contributed by atoms with van der Waals surface area (Å²) >= 11 is 1.94. The fourth-order valence-electron chi connectivity index (χ4n) is 4.14. The van der Waals surface area contributed by atoms with Crippen LogP contribution in [0.25, 0.3) is 0 Å². The van der Waals surface area contributed by atoms with Crippen LogP contribution < -0.4 is 5.32 Å². The van der Waals surface area contributed by atoms with Gasteiger partial charge in [0.1, 0.15) is 0 Å². The van der Waals surface area contributed by atoms with E-state index in [1.165, 1.54) is 64.6 Å². The molecule has 2 nitrogen and oxygen atoms in total. The van der Waals surface area contributed by atoms with Gasteiger partial charge in [-0.1, -0.05) is 32.3 Å². The first-order chi connectivity index (χ1) is 10.3. The third kappa shape index (κ3) is 4.30. The van der Waals surface area contributed by atoms with Crippen LogP contribution in [0.2, 0.25) is 0 Å². The zero-order valence-electron chi connectivity index (χ0n) is 13.4. The second-order valence-electron chi connectivity index (χ2n) is 6.91. The summed E-state index contributed by atoms with van der Waals surface area (Å²) in [6, 6.07) is 6.03. The van der Waals surface area contributed by atoms with Crippen molar-refractivity contribution in [2.75, 3.05) is 19.6 Å². The van der Waals surface area contributed by atoms with Gasteiger partial charge in [-0.25, -0.2) is 0 Å². The molecular weight excluding hydrogens is 276 g/mol. The summed E-state index contributed by atoms with van der Waals surface area (Å²) in [5.41, 5.74) is 0. The van der Waals surface area contributed by atoms with E-state index in [9.17, 15) is 0 Å². The van der Waals surface area contributed by atoms with Crippen LogP contribution in [0.3, 0.4) is 0 Å². The third-order valence-corrected chi connectivity index (χ3v) is 6.12. The van der Waals surface area contributed by atoms with Crippen molar-refractivity contribution >= 4 is 11.3 Å². The molecule has 2 atom stereocenters. The maximum Gasteiger partial charge on any atom is 0.0204 e. The van der Waals surface area contributed by atoms with E-state index in [1.54, 1.807) is 4.88 Å². The average Bonchev–Trinajstić information content (AvgIpc) is 3.03. The van der Waals surface area contributed by atoms with Crippen molar-refractivity contribution in [1.29, 1.82) is 0 Å². The van der Waals surface area contributed by atoms with Gasteiger partial charge in [0.2, 0.25) is 0 Å². The van der Waals surface area contributed by atoms with Gasteiger partial charge in [0.25, 0.3) is 0 Å². The van der Waals surface area contributed by atoms with Crippen LogP contribution in [0.5, 0.6) is 0 Å². The van der Waals surface area contributed by atoms with E-state index in [0.29, 0.717) is 6.04 Å². The largest absolute Gasteiger partial charge is 0.310 e. The Morgan fingerprint density at radius 3 is 2.76 bits per heavy atom. The van der Waals surface area contributed by atoms with Crippen molar-refractivity contribution in [3.05, 3.63) is 22.4 Å². The second-order valence-corrected chi connectivity index (χ2v) is 7.89. The SMILES string of the molecule is CCCN1CC(NC2CCCCC2)CC(c2cccs2)C1. The highest BCUT2D eigenvalue weighted by Crippen LogP contribution is 2.31. The fourth-order valence-corrected chi connectivity index (χ4v) is 4.98. The zero-order valence-corrected chi connectivity index (χ0v) is 14.2. The summed E-state index contributed by atoms with van der Waals surface area (Å²) < 4.78 is 0. The van der Waals surface area contributed by atoms with Gasteiger partial charge in [0.15, 0.2) is 0 Å². The van der Waals surface area contributed by atoms with Crippen molar-refractivity contribution in [1.82, 2.24) is 10.2 Å². The number of piperidine rings is 1. The molecule has 2 aliphatic rings. The summed E-state index contributed by atoms with van der Waals surface area (Å²) in [6.07, 6.45) is 9.70. The van der Waals surface area contributed by atoms with E-state index in [0.717, 1.165) is 12.0 Å². The Morgan fingerprint density at radius 1 is 1.19 bits per heavy atom. The Morgan fingerprint density at radius 2 is 2.05 bits per heavy atom. The minimum Gasteiger partial charge on any atom is -0.310 e. The van der Waals surface area contributed by atoms with Gasteiger partial charge in [-0.2, -0.15) is 0 Å². The molecule has 3 heteroatoms. The van der Waals surface area contributed by atoms with E-state index < -0.39 is 0 Å². The summed E-state index contributed by atoms with van der Waals surface area (Å²) in [7, 11) is 0. The molecule has 0 amide bonds. The van der Waals surface area contributed by atoms with Crippen LogP contribution in [0.4, 0.5) is 0 Å². The lowest BCUT2D eigenvalue weighted by molar-refractivity contribution is 0.159. The summed E-state index contributed by atoms with van der Waals surface area (Å²) in [5, 5.41) is 6.23. The zero-order chi connectivity index (χ0) is 14.5. The molecule has 1 saturated heterocycles. The van der Waals surface area contributed by atoms with Crippen LogP contribution in [0.15, 0.2) is 17.5 Å². The second kappa shape index (κ2) is 7.75. The monoisotopic (exact) mass is 306 g/mol. The molecule has 118 valence electrons. The molecule has 0 radical (unpaired) electrons. The number of rotatable bonds is 5. The predicted molar refractivity (Wildman–Crippen MR) is 92.2 cm³/mol. The van der Waals surface area contributed by atoms with Gasteiger partial charge in [0, 0.05) is 36.0 Å². The number of nitrogens with zero attached hydrogens (tertiary/aromatic N) is 1. The van der Waals surface area contributed by atoms with Crippen LogP contribution in [-0.2, 0) is 0 Å². The number of hydrogen-bond acceptors (Lipinski definition) is 3. The molecule has 21 heavy (non-hydrogen) atoms. The van der Waals surface area contributed by atoms with Gasteiger partial charge in [-0.15, -0.1) is 11.3 Å². The minimum atomic E-state index is 0.695. The summed E-state index contributed by atoms with van der Waals surface area (Å²) in [6.45, 7) is 6.08. The molecule has 3 rings (SSSR count). The van der Waals surface area contributed by atoms with E-state index in [1.807, 2.05) is 11.3 Å². The lowest BCUT2D eigenvalue weighted by Crippen LogP contribution is -2.51. The molecule has 2 unspecified atom stereocenters. The molecular formula is C18H30N2S. The summed E-state index contributed by atoms with van der Waals surface area (Å²) in [5.74, 6) is 0.742. The Hall–Kier alpha value is -0.380. The van der Waals surface area contributed by atoms with Gasteiger partial charge in [0.05, 0.1) is 0 Å². The topological polar surface area (TPSA) is 15.3 Å². The first-order valence-electron chi connectivity index (χ1n) is 8.87. The van der Waals surface area contributed by atoms with Crippen molar-refractivity contribution in [2.24, 2.45) is 0 Å². The van der Waals surface area contributed by atoms with E-state index >= 15 is 0 Å². The Labute approximate surface area is 133 Å². The lowest BCUT2D eigenvalue weighted by atomic mass is 9.90. The molecule has 1 aliphatic heterocycles. The van der Waals surface area contributed by atoms with Crippen molar-refractivity contribution in [3.63, 3.8) is 0 Å². The van der Waals surface area contributed by atoms with E-state index in [4.69, 9.17) is 0 Å². The highest BCUT2D eigenvalue weighted by Gasteiger charge is 2.29. The highest BCUT2D eigenvalue weighted by atomic mass is 32.1. The molecule has 1 aromatic rings. The first-order valence-corrected chi connectivity index (χ1v) is 9.75. The normalized spacial score (nSPS) is 28.8. The maximum absolute atomic E-state index is 4.00. The fraction of sp³-hybridized carbons (Fsp3) is 0.778. The Bertz CT molecular complexity index is 397. The molecule has 2 heterocycles. The smallest absolute Gasteiger partial charge is 0.0204 e. The van der Waals surface area contributed by atoms with Gasteiger partial charge in [-0.3, -0.25) is 0 Å². The lowest BCUT2D eigenvalue weighted by Gasteiger charge is -2.40. The number of hydrogen-bond donors (Lipinski definition) is 1. The van der Waals surface area contributed by atoms with E-state index in [2.05, 4.69) is 34.7 Å². The Balaban J connectivity index is 1.61.